The smallest absolute Gasteiger partial charge is 0.318 e. The largest absolute Gasteiger partial charge is 0.334 e. The van der Waals surface area contributed by atoms with Crippen molar-refractivity contribution < 1.29 is 27.6 Å². The van der Waals surface area contributed by atoms with Crippen LogP contribution in [-0.2, 0) is 11.3 Å². The van der Waals surface area contributed by atoms with Crippen molar-refractivity contribution in [2.24, 2.45) is 0 Å². The summed E-state index contributed by atoms with van der Waals surface area (Å²) in [5.41, 5.74) is 6.44. The number of hydrazine groups is 1. The molecule has 11 heteroatoms. The maximum Gasteiger partial charge on any atom is 0.318 e. The van der Waals surface area contributed by atoms with E-state index in [1.54, 1.807) is 15.8 Å². The summed E-state index contributed by atoms with van der Waals surface area (Å²) in [6.45, 7) is 1.69. The number of halogens is 3. The van der Waals surface area contributed by atoms with Gasteiger partial charge in [0, 0.05) is 37.3 Å². The van der Waals surface area contributed by atoms with E-state index < -0.39 is 24.1 Å². The standard InChI is InChI=1S/C28H28F3N5O3/c1-35-13-14-36(24(17-35)20-9-7-19(8-10-20)18-5-3-2-4-6-18)28(39)32-16-22-12-11-21(15-23(22)29)26(37)33-34-27(38)25(30)31/h2-12,15,24-25H,13-14,16-17H2,1H3,(H,32,39)(H,33,37)(H,34,38). The van der Waals surface area contributed by atoms with Crippen molar-refractivity contribution in [2.75, 3.05) is 26.7 Å². The lowest BCUT2D eigenvalue weighted by Gasteiger charge is -2.40. The number of hydrogen-bond donors (Lipinski definition) is 3. The molecular formula is C28H28F3N5O3. The molecule has 1 fully saturated rings. The van der Waals surface area contributed by atoms with E-state index in [2.05, 4.69) is 10.2 Å². The monoisotopic (exact) mass is 539 g/mol. The molecule has 1 heterocycles. The second-order valence-corrected chi connectivity index (χ2v) is 9.17. The fourth-order valence-electron chi connectivity index (χ4n) is 4.33. The maximum atomic E-state index is 14.6. The highest BCUT2D eigenvalue weighted by Crippen LogP contribution is 2.28. The number of amides is 4. The molecule has 0 radical (unpaired) electrons. The topological polar surface area (TPSA) is 93.8 Å². The number of piperazine rings is 1. The molecule has 0 aromatic heterocycles. The molecule has 0 saturated carbocycles. The van der Waals surface area contributed by atoms with Crippen molar-refractivity contribution in [1.29, 1.82) is 0 Å². The molecule has 0 aliphatic carbocycles. The Labute approximate surface area is 223 Å². The highest BCUT2D eigenvalue weighted by molar-refractivity contribution is 5.95. The van der Waals surface area contributed by atoms with Crippen molar-refractivity contribution in [2.45, 2.75) is 19.0 Å². The minimum Gasteiger partial charge on any atom is -0.334 e. The van der Waals surface area contributed by atoms with Gasteiger partial charge in [0.2, 0.25) is 0 Å². The Bertz CT molecular complexity index is 1320. The van der Waals surface area contributed by atoms with Crippen LogP contribution in [-0.4, -0.2) is 60.8 Å². The molecule has 3 N–H and O–H groups in total. The SMILES string of the molecule is CN1CCN(C(=O)NCc2ccc(C(=O)NNC(=O)C(F)F)cc2F)C(c2ccc(-c3ccccc3)cc2)C1. The van der Waals surface area contributed by atoms with Gasteiger partial charge in [-0.15, -0.1) is 0 Å². The molecular weight excluding hydrogens is 511 g/mol. The lowest BCUT2D eigenvalue weighted by atomic mass is 9.98. The molecule has 204 valence electrons. The van der Waals surface area contributed by atoms with Gasteiger partial charge in [0.1, 0.15) is 5.82 Å². The summed E-state index contributed by atoms with van der Waals surface area (Å²) >= 11 is 0. The summed E-state index contributed by atoms with van der Waals surface area (Å²) < 4.78 is 39.1. The first-order chi connectivity index (χ1) is 18.7. The number of likely N-dealkylation sites (N-methyl/N-ethyl adjacent to an activating group) is 1. The summed E-state index contributed by atoms with van der Waals surface area (Å²) in [5, 5.41) is 2.75. The summed E-state index contributed by atoms with van der Waals surface area (Å²) in [7, 11) is 1.99. The van der Waals surface area contributed by atoms with Gasteiger partial charge in [0.25, 0.3) is 5.91 Å². The van der Waals surface area contributed by atoms with E-state index in [4.69, 9.17) is 0 Å². The number of rotatable bonds is 6. The number of benzene rings is 3. The third-order valence-corrected chi connectivity index (χ3v) is 6.49. The van der Waals surface area contributed by atoms with E-state index in [-0.39, 0.29) is 29.7 Å². The van der Waals surface area contributed by atoms with Crippen molar-refractivity contribution in [3.05, 3.63) is 95.3 Å². The Morgan fingerprint density at radius 1 is 0.923 bits per heavy atom. The lowest BCUT2D eigenvalue weighted by Crippen LogP contribution is -2.52. The van der Waals surface area contributed by atoms with E-state index >= 15 is 0 Å². The van der Waals surface area contributed by atoms with Crippen LogP contribution in [0.2, 0.25) is 0 Å². The van der Waals surface area contributed by atoms with E-state index in [1.807, 2.05) is 61.6 Å². The van der Waals surface area contributed by atoms with Crippen LogP contribution in [0.4, 0.5) is 18.0 Å². The van der Waals surface area contributed by atoms with Crippen LogP contribution in [0.25, 0.3) is 11.1 Å². The number of nitrogens with one attached hydrogen (secondary N) is 3. The minimum atomic E-state index is -3.30. The molecule has 1 aliphatic rings. The maximum absolute atomic E-state index is 14.6. The molecule has 1 saturated heterocycles. The van der Waals surface area contributed by atoms with Gasteiger partial charge in [-0.2, -0.15) is 8.78 Å². The van der Waals surface area contributed by atoms with E-state index in [9.17, 15) is 27.6 Å². The first-order valence-electron chi connectivity index (χ1n) is 12.3. The molecule has 0 spiro atoms. The first-order valence-corrected chi connectivity index (χ1v) is 12.3. The lowest BCUT2D eigenvalue weighted by molar-refractivity contribution is -0.132. The van der Waals surface area contributed by atoms with Gasteiger partial charge in [-0.05, 0) is 35.9 Å². The fraction of sp³-hybridized carbons (Fsp3) is 0.250. The van der Waals surface area contributed by atoms with Crippen LogP contribution < -0.4 is 16.2 Å². The van der Waals surface area contributed by atoms with Crippen molar-refractivity contribution >= 4 is 17.8 Å². The molecule has 3 aromatic rings. The van der Waals surface area contributed by atoms with Crippen molar-refractivity contribution in [3.8, 4) is 11.1 Å². The zero-order valence-electron chi connectivity index (χ0n) is 21.2. The van der Waals surface area contributed by atoms with Crippen molar-refractivity contribution in [1.82, 2.24) is 26.0 Å². The molecule has 1 atom stereocenters. The number of carbonyl (C=O) groups excluding carboxylic acids is 3. The van der Waals surface area contributed by atoms with E-state index in [0.29, 0.717) is 19.6 Å². The Morgan fingerprint density at radius 2 is 1.62 bits per heavy atom. The summed E-state index contributed by atoms with van der Waals surface area (Å²) in [4.78, 5) is 39.9. The summed E-state index contributed by atoms with van der Waals surface area (Å²) in [6, 6.07) is 21.0. The predicted octanol–water partition coefficient (Wildman–Crippen LogP) is 3.72. The van der Waals surface area contributed by atoms with E-state index in [0.717, 1.165) is 22.8 Å². The Balaban J connectivity index is 1.39. The highest BCUT2D eigenvalue weighted by atomic mass is 19.3. The number of hydrogen-bond acceptors (Lipinski definition) is 4. The second-order valence-electron chi connectivity index (χ2n) is 9.17. The number of nitrogens with zero attached hydrogens (tertiary/aromatic N) is 2. The van der Waals surface area contributed by atoms with Gasteiger partial charge in [-0.1, -0.05) is 60.7 Å². The third-order valence-electron chi connectivity index (χ3n) is 6.49. The first kappa shape index (κ1) is 27.6. The average Bonchev–Trinajstić information content (AvgIpc) is 2.95. The van der Waals surface area contributed by atoms with Crippen LogP contribution in [0, 0.1) is 5.82 Å². The van der Waals surface area contributed by atoms with E-state index in [1.165, 1.54) is 12.1 Å². The number of urea groups is 1. The van der Waals surface area contributed by atoms with Gasteiger partial charge in [0.15, 0.2) is 0 Å². The molecule has 1 unspecified atom stereocenters. The molecule has 0 bridgehead atoms. The quantitative estimate of drug-likeness (QED) is 0.417. The van der Waals surface area contributed by atoms with Crippen LogP contribution in [0.5, 0.6) is 0 Å². The zero-order valence-corrected chi connectivity index (χ0v) is 21.2. The van der Waals surface area contributed by atoms with Gasteiger partial charge in [-0.25, -0.2) is 9.18 Å². The van der Waals surface area contributed by atoms with Gasteiger partial charge < -0.3 is 15.1 Å². The van der Waals surface area contributed by atoms with Gasteiger partial charge >= 0.3 is 18.4 Å². The van der Waals surface area contributed by atoms with Crippen LogP contribution in [0.1, 0.15) is 27.5 Å². The van der Waals surface area contributed by atoms with Gasteiger partial charge in [-0.3, -0.25) is 20.4 Å². The Hall–Kier alpha value is -4.38. The number of alkyl halides is 2. The fourth-order valence-corrected chi connectivity index (χ4v) is 4.33. The minimum absolute atomic E-state index is 0.124. The van der Waals surface area contributed by atoms with Crippen LogP contribution in [0.3, 0.4) is 0 Å². The number of carbonyl (C=O) groups is 3. The molecule has 4 rings (SSSR count). The van der Waals surface area contributed by atoms with Crippen LogP contribution >= 0.6 is 0 Å². The normalized spacial score (nSPS) is 15.6. The van der Waals surface area contributed by atoms with Gasteiger partial charge in [0.05, 0.1) is 6.04 Å². The van der Waals surface area contributed by atoms with Crippen LogP contribution in [0.15, 0.2) is 72.8 Å². The molecule has 4 amide bonds. The molecule has 1 aliphatic heterocycles. The highest BCUT2D eigenvalue weighted by Gasteiger charge is 2.30. The second kappa shape index (κ2) is 12.4. The Morgan fingerprint density at radius 3 is 2.28 bits per heavy atom. The summed E-state index contributed by atoms with van der Waals surface area (Å²) in [6.07, 6.45) is -3.30. The molecule has 39 heavy (non-hydrogen) atoms. The molecule has 3 aromatic carbocycles. The average molecular weight is 540 g/mol. The molecule has 8 nitrogen and oxygen atoms in total. The third kappa shape index (κ3) is 6.94. The zero-order chi connectivity index (χ0) is 27.9. The summed E-state index contributed by atoms with van der Waals surface area (Å²) in [5.74, 6) is -3.41. The van der Waals surface area contributed by atoms with Crippen molar-refractivity contribution in [3.63, 3.8) is 0 Å². The predicted molar refractivity (Wildman–Crippen MR) is 139 cm³/mol. The Kier molecular flexibility index (Phi) is 8.82.